The molecular weight excluding hydrogens is 340 g/mol. The molecule has 1 rings (SSSR count). The van der Waals surface area contributed by atoms with E-state index in [-0.39, 0.29) is 6.42 Å². The summed E-state index contributed by atoms with van der Waals surface area (Å²) in [5.74, 6) is -2.99. The van der Waals surface area contributed by atoms with Gasteiger partial charge < -0.3 is 14.9 Å². The number of hydrogen-bond acceptors (Lipinski definition) is 4. The summed E-state index contributed by atoms with van der Waals surface area (Å²) >= 11 is 0. The maximum Gasteiger partial charge on any atom is 0.366 e. The summed E-state index contributed by atoms with van der Waals surface area (Å²) in [5.41, 5.74) is 6.55. The fourth-order valence-corrected chi connectivity index (χ4v) is 3.45. The first-order valence-electron chi connectivity index (χ1n) is 10.1. The zero-order valence-corrected chi connectivity index (χ0v) is 17.4. The highest BCUT2D eigenvalue weighted by atomic mass is 16.6. The lowest BCUT2D eigenvalue weighted by Crippen LogP contribution is -2.39. The second-order valence-corrected chi connectivity index (χ2v) is 7.56. The van der Waals surface area contributed by atoms with Crippen molar-refractivity contribution < 1.29 is 19.7 Å². The third-order valence-corrected chi connectivity index (χ3v) is 5.09. The fraction of sp³-hybridized carbons (Fsp3) is 0.652. The van der Waals surface area contributed by atoms with Crippen LogP contribution in [0.2, 0.25) is 0 Å². The summed E-state index contributed by atoms with van der Waals surface area (Å²) in [6.07, 6.45) is 15.7. The Morgan fingerprint density at radius 3 is 2.74 bits per heavy atom. The first-order chi connectivity index (χ1) is 12.8. The topological polar surface area (TPSA) is 66.8 Å². The highest BCUT2D eigenvalue weighted by Crippen LogP contribution is 2.34. The molecule has 4 heteroatoms. The van der Waals surface area contributed by atoms with Crippen LogP contribution in [0.4, 0.5) is 0 Å². The van der Waals surface area contributed by atoms with Crippen LogP contribution in [0, 0.1) is 5.92 Å². The molecule has 0 aromatic rings. The fourth-order valence-electron chi connectivity index (χ4n) is 3.45. The molecule has 0 bridgehead atoms. The van der Waals surface area contributed by atoms with E-state index in [0.717, 1.165) is 26.4 Å². The molecule has 27 heavy (non-hydrogen) atoms. The molecule has 2 N–H and O–H groups in total. The van der Waals surface area contributed by atoms with Crippen molar-refractivity contribution >= 4 is 5.97 Å². The smallest absolute Gasteiger partial charge is 0.366 e. The molecule has 0 amide bonds. The Morgan fingerprint density at radius 1 is 1.33 bits per heavy atom. The molecule has 0 aromatic heterocycles. The van der Waals surface area contributed by atoms with Gasteiger partial charge in [-0.3, -0.25) is 0 Å². The van der Waals surface area contributed by atoms with Crippen molar-refractivity contribution in [3.63, 3.8) is 0 Å². The maximum atomic E-state index is 11.3. The van der Waals surface area contributed by atoms with Gasteiger partial charge in [-0.25, -0.2) is 4.79 Å². The first kappa shape index (κ1) is 23.4. The number of esters is 1. The van der Waals surface area contributed by atoms with Crippen LogP contribution < -0.4 is 0 Å². The first-order valence-corrected chi connectivity index (χ1v) is 10.1. The monoisotopic (exact) mass is 376 g/mol. The molecule has 1 aliphatic carbocycles. The normalized spacial score (nSPS) is 17.3. The molecule has 0 unspecified atom stereocenters. The number of ether oxygens (including phenoxy) is 1. The van der Waals surface area contributed by atoms with Crippen LogP contribution in [0.15, 0.2) is 40.7 Å². The molecule has 0 aliphatic heterocycles. The number of unbranched alkanes of at least 4 members (excludes halogenated alkanes) is 4. The second-order valence-electron chi connectivity index (χ2n) is 7.56. The number of methoxy groups -OCH3 is 1. The number of hydrogen-bond donors (Lipinski definition) is 2. The third-order valence-electron chi connectivity index (χ3n) is 5.09. The molecule has 152 valence electrons. The molecule has 0 saturated heterocycles. The van der Waals surface area contributed by atoms with E-state index in [2.05, 4.69) is 36.5 Å². The summed E-state index contributed by atoms with van der Waals surface area (Å²) in [7, 11) is 1.13. The van der Waals surface area contributed by atoms with Crippen LogP contribution >= 0.6 is 0 Å². The van der Waals surface area contributed by atoms with E-state index in [9.17, 15) is 15.0 Å². The van der Waals surface area contributed by atoms with Crippen molar-refractivity contribution in [2.45, 2.75) is 84.3 Å². The number of rotatable bonds is 11. The van der Waals surface area contributed by atoms with Gasteiger partial charge in [0.05, 0.1) is 7.11 Å². The molecular formula is C23H36O4. The van der Waals surface area contributed by atoms with Gasteiger partial charge in [0.25, 0.3) is 5.79 Å². The number of carbonyl (C=O) groups is 1. The van der Waals surface area contributed by atoms with Gasteiger partial charge in [-0.15, -0.1) is 5.73 Å². The van der Waals surface area contributed by atoms with Gasteiger partial charge in [-0.2, -0.15) is 0 Å². The summed E-state index contributed by atoms with van der Waals surface area (Å²) in [4.78, 5) is 11.3. The zero-order valence-electron chi connectivity index (χ0n) is 17.4. The number of carbonyl (C=O) groups excluding carboxylic acids is 1. The van der Waals surface area contributed by atoms with Crippen molar-refractivity contribution in [3.05, 3.63) is 40.7 Å². The van der Waals surface area contributed by atoms with Crippen molar-refractivity contribution in [2.75, 3.05) is 7.11 Å². The Hall–Kier alpha value is -1.61. The van der Waals surface area contributed by atoms with Crippen molar-refractivity contribution in [1.29, 1.82) is 0 Å². The van der Waals surface area contributed by atoms with Crippen LogP contribution in [0.1, 0.15) is 78.6 Å². The molecule has 0 saturated carbocycles. The number of allylic oxidation sites excluding steroid dienone is 4. The molecule has 4 nitrogen and oxygen atoms in total. The lowest BCUT2D eigenvalue weighted by Gasteiger charge is -2.17. The van der Waals surface area contributed by atoms with Crippen LogP contribution in [0.3, 0.4) is 0 Å². The van der Waals surface area contributed by atoms with E-state index in [0.29, 0.717) is 11.5 Å². The van der Waals surface area contributed by atoms with Crippen LogP contribution in [0.25, 0.3) is 0 Å². The van der Waals surface area contributed by atoms with E-state index < -0.39 is 11.8 Å². The van der Waals surface area contributed by atoms with E-state index >= 15 is 0 Å². The van der Waals surface area contributed by atoms with Gasteiger partial charge >= 0.3 is 5.97 Å². The van der Waals surface area contributed by atoms with Crippen molar-refractivity contribution in [2.24, 2.45) is 5.92 Å². The Bertz CT molecular complexity index is 604. The highest BCUT2D eigenvalue weighted by molar-refractivity contribution is 5.77. The maximum absolute atomic E-state index is 11.3. The highest BCUT2D eigenvalue weighted by Gasteiger charge is 2.34. The van der Waals surface area contributed by atoms with Gasteiger partial charge in [0.2, 0.25) is 0 Å². The number of aliphatic hydroxyl groups is 2. The van der Waals surface area contributed by atoms with Crippen LogP contribution in [-0.2, 0) is 9.53 Å². The lowest BCUT2D eigenvalue weighted by molar-refractivity contribution is -0.206. The van der Waals surface area contributed by atoms with Crippen LogP contribution in [-0.4, -0.2) is 29.1 Å². The van der Waals surface area contributed by atoms with E-state index in [1.165, 1.54) is 43.3 Å². The van der Waals surface area contributed by atoms with Gasteiger partial charge in [-0.1, -0.05) is 50.8 Å². The minimum Gasteiger partial charge on any atom is -0.465 e. The van der Waals surface area contributed by atoms with Gasteiger partial charge in [0.1, 0.15) is 0 Å². The Labute approximate surface area is 164 Å². The predicted octanol–water partition coefficient (Wildman–Crippen LogP) is 4.98. The third kappa shape index (κ3) is 8.30. The molecule has 0 radical (unpaired) electrons. The standard InChI is InChI=1S/C23H36O4/c1-5-6-7-8-9-10-13-20-16-15-19(3)21(20)14-11-12-18(2)17-23(25,26)22(24)27-4/h10-11,13,19,25-26H,5-9,14-17H2,1-4H3/t12?,19-/m0/s1. The molecule has 1 atom stereocenters. The molecule has 1 aliphatic rings. The van der Waals surface area contributed by atoms with Gasteiger partial charge in [-0.05, 0) is 62.2 Å². The Morgan fingerprint density at radius 2 is 2.07 bits per heavy atom. The summed E-state index contributed by atoms with van der Waals surface area (Å²) in [6.45, 7) is 6.21. The van der Waals surface area contributed by atoms with Crippen LogP contribution in [0.5, 0.6) is 0 Å². The molecule has 0 heterocycles. The average molecular weight is 377 g/mol. The van der Waals surface area contributed by atoms with E-state index in [1.807, 2.05) is 6.08 Å². The molecule has 0 aromatic carbocycles. The van der Waals surface area contributed by atoms with Gasteiger partial charge in [0.15, 0.2) is 0 Å². The summed E-state index contributed by atoms with van der Waals surface area (Å²) in [6, 6.07) is 0. The summed E-state index contributed by atoms with van der Waals surface area (Å²) < 4.78 is 4.39. The zero-order chi connectivity index (χ0) is 20.3. The minimum atomic E-state index is -2.49. The minimum absolute atomic E-state index is 0.213. The van der Waals surface area contributed by atoms with E-state index in [1.54, 1.807) is 6.92 Å². The second kappa shape index (κ2) is 12.0. The Balaban J connectivity index is 2.68. The lowest BCUT2D eigenvalue weighted by atomic mass is 9.99. The largest absolute Gasteiger partial charge is 0.465 e. The average Bonchev–Trinajstić information content (AvgIpc) is 2.97. The molecule has 0 fully saturated rings. The Kier molecular flexibility index (Phi) is 10.4. The molecule has 0 spiro atoms. The van der Waals surface area contributed by atoms with Gasteiger partial charge in [0, 0.05) is 6.42 Å². The van der Waals surface area contributed by atoms with Crippen molar-refractivity contribution in [1.82, 2.24) is 0 Å². The quantitative estimate of drug-likeness (QED) is 0.231. The SMILES string of the molecule is CCCCCCC=CC1=C(CC=C=C(C)CC(O)(O)C(=O)OC)[C@@H](C)CC1. The summed E-state index contributed by atoms with van der Waals surface area (Å²) in [5, 5.41) is 19.4. The van der Waals surface area contributed by atoms with Crippen molar-refractivity contribution in [3.8, 4) is 0 Å². The predicted molar refractivity (Wildman–Crippen MR) is 109 cm³/mol. The van der Waals surface area contributed by atoms with E-state index in [4.69, 9.17) is 0 Å².